The zero-order valence-corrected chi connectivity index (χ0v) is 6.57. The minimum atomic E-state index is -5.59. The van der Waals surface area contributed by atoms with Crippen LogP contribution in [0.4, 0.5) is 21.7 Å². The van der Waals surface area contributed by atoms with Crippen molar-refractivity contribution in [3.8, 4) is 6.07 Å². The third kappa shape index (κ3) is 1.84. The van der Waals surface area contributed by atoms with Crippen LogP contribution in [0.15, 0.2) is 12.1 Å². The van der Waals surface area contributed by atoms with Gasteiger partial charge in [-0.05, 0) is 12.1 Å². The molecule has 0 aliphatic carbocycles. The van der Waals surface area contributed by atoms with E-state index in [0.29, 0.717) is 0 Å². The number of hydrogen-bond acceptors (Lipinski definition) is 1. The molecule has 0 heterocycles. The van der Waals surface area contributed by atoms with Crippen molar-refractivity contribution in [2.24, 2.45) is 0 Å². The number of hydrogen-bond donors (Lipinski definition) is 0. The first-order valence-electron chi connectivity index (χ1n) is 3.45. The molecule has 0 aliphatic rings. The van der Waals surface area contributed by atoms with Crippen LogP contribution in [0.3, 0.4) is 0 Å². The molecule has 0 aromatic heterocycles. The maximum atomic E-state index is 12.7. The van der Waals surface area contributed by atoms with E-state index in [9.17, 15) is 21.7 Å². The Balaban J connectivity index is 3.38. The molecule has 74 valence electrons. The van der Waals surface area contributed by atoms with Gasteiger partial charge in [0.1, 0.15) is 11.9 Å². The molecule has 0 aliphatic heterocycles. The quantitative estimate of drug-likeness (QED) is 0.508. The van der Waals surface area contributed by atoms with Gasteiger partial charge in [0.05, 0.1) is 11.4 Å². The van der Waals surface area contributed by atoms with Gasteiger partial charge in [-0.2, -0.15) is 5.26 Å². The van der Waals surface area contributed by atoms with E-state index in [2.05, 4.69) is 0 Å². The summed E-state index contributed by atoms with van der Waals surface area (Å²) < 4.78 is 61.5. The van der Waals surface area contributed by atoms with Crippen LogP contribution in [0, 0.1) is 23.0 Å². The number of rotatable bonds is 1. The number of nitrogens with zero attached hydrogens (tertiary/aromatic N) is 1. The van der Waals surface area contributed by atoms with Crippen LogP contribution in [0.25, 0.3) is 0 Å². The molecule has 0 saturated heterocycles. The number of nitriles is 1. The Kier molecular flexibility index (Phi) is 2.47. The molecular weight excluding hydrogens is 204 g/mol. The summed E-state index contributed by atoms with van der Waals surface area (Å²) in [5.41, 5.74) is -2.40. The third-order valence-corrected chi connectivity index (χ3v) is 1.56. The van der Waals surface area contributed by atoms with Gasteiger partial charge in [-0.3, -0.25) is 0 Å². The summed E-state index contributed by atoms with van der Waals surface area (Å²) in [6.45, 7) is -5.59. The lowest BCUT2D eigenvalue weighted by molar-refractivity contribution is 0.492. The first kappa shape index (κ1) is 10.5. The van der Waals surface area contributed by atoms with Gasteiger partial charge in [0.2, 0.25) is 0 Å². The lowest BCUT2D eigenvalue weighted by atomic mass is 9.79. The van der Waals surface area contributed by atoms with Crippen LogP contribution >= 0.6 is 0 Å². The Morgan fingerprint density at radius 1 is 1.07 bits per heavy atom. The Hall–Kier alpha value is -1.58. The molecule has 0 spiro atoms. The van der Waals surface area contributed by atoms with Crippen molar-refractivity contribution >= 4 is 12.4 Å². The smallest absolute Gasteiger partial charge is 0.445 e. The predicted octanol–water partition coefficient (Wildman–Crippen LogP) is 1.89. The van der Waals surface area contributed by atoms with Crippen molar-refractivity contribution in [3.05, 3.63) is 29.3 Å². The molecule has 14 heavy (non-hydrogen) atoms. The highest BCUT2D eigenvalue weighted by Gasteiger charge is 2.30. The largest absolute Gasteiger partial charge is 0.512 e. The second kappa shape index (κ2) is 3.29. The van der Waals surface area contributed by atoms with Gasteiger partial charge >= 0.3 is 6.98 Å². The summed E-state index contributed by atoms with van der Waals surface area (Å²) in [5.74, 6) is -3.00. The lowest BCUT2D eigenvalue weighted by Gasteiger charge is -2.15. The van der Waals surface area contributed by atoms with E-state index in [0.717, 1.165) is 0 Å². The molecule has 0 amide bonds. The predicted molar refractivity (Wildman–Crippen MR) is 39.8 cm³/mol. The third-order valence-electron chi connectivity index (χ3n) is 1.56. The Bertz CT molecular complexity index is 406. The molecule has 0 bridgehead atoms. The maximum absolute atomic E-state index is 12.7. The molecular formula is C7H2BF5N-. The van der Waals surface area contributed by atoms with Crippen LogP contribution in [0.5, 0.6) is 0 Å². The average molecular weight is 206 g/mol. The Morgan fingerprint density at radius 3 is 2.07 bits per heavy atom. The normalized spacial score (nSPS) is 11.1. The minimum Gasteiger partial charge on any atom is -0.445 e. The highest BCUT2D eigenvalue weighted by atomic mass is 19.4. The summed E-state index contributed by atoms with van der Waals surface area (Å²) in [4.78, 5) is 0. The van der Waals surface area contributed by atoms with Gasteiger partial charge < -0.3 is 12.9 Å². The van der Waals surface area contributed by atoms with E-state index in [1.807, 2.05) is 0 Å². The molecule has 0 saturated carbocycles. The Morgan fingerprint density at radius 2 is 1.64 bits per heavy atom. The average Bonchev–Trinajstić information content (AvgIpc) is 2.06. The van der Waals surface area contributed by atoms with E-state index in [4.69, 9.17) is 5.26 Å². The van der Waals surface area contributed by atoms with E-state index in [1.165, 1.54) is 6.07 Å². The SMILES string of the molecule is N#Cc1cc(F)c([B-](F)(F)F)cc1F. The van der Waals surface area contributed by atoms with Crippen molar-refractivity contribution in [2.75, 3.05) is 0 Å². The molecule has 1 nitrogen and oxygen atoms in total. The first-order valence-corrected chi connectivity index (χ1v) is 3.45. The van der Waals surface area contributed by atoms with Gasteiger partial charge in [-0.1, -0.05) is 5.46 Å². The summed E-state index contributed by atoms with van der Waals surface area (Å²) in [7, 11) is 0. The zero-order valence-electron chi connectivity index (χ0n) is 6.57. The zero-order chi connectivity index (χ0) is 10.9. The molecule has 0 N–H and O–H groups in total. The van der Waals surface area contributed by atoms with Gasteiger partial charge in [0.25, 0.3) is 0 Å². The van der Waals surface area contributed by atoms with Crippen molar-refractivity contribution < 1.29 is 21.7 Å². The van der Waals surface area contributed by atoms with Crippen molar-refractivity contribution in [1.82, 2.24) is 0 Å². The molecule has 0 fully saturated rings. The molecule has 0 unspecified atom stereocenters. The highest BCUT2D eigenvalue weighted by Crippen LogP contribution is 2.14. The monoisotopic (exact) mass is 206 g/mol. The molecule has 0 atom stereocenters. The van der Waals surface area contributed by atoms with E-state index in [-0.39, 0.29) is 12.1 Å². The molecule has 1 aromatic rings. The van der Waals surface area contributed by atoms with Crippen LogP contribution in [0.1, 0.15) is 5.56 Å². The number of benzene rings is 1. The topological polar surface area (TPSA) is 23.8 Å². The molecule has 1 aromatic carbocycles. The Labute approximate surface area is 75.8 Å². The van der Waals surface area contributed by atoms with Gasteiger partial charge in [-0.25, -0.2) is 8.78 Å². The summed E-state index contributed by atoms with van der Waals surface area (Å²) >= 11 is 0. The fourth-order valence-corrected chi connectivity index (χ4v) is 0.899. The van der Waals surface area contributed by atoms with Crippen molar-refractivity contribution in [1.29, 1.82) is 5.26 Å². The van der Waals surface area contributed by atoms with Gasteiger partial charge in [0.15, 0.2) is 0 Å². The van der Waals surface area contributed by atoms with E-state index >= 15 is 0 Å². The lowest BCUT2D eigenvalue weighted by Crippen LogP contribution is -2.37. The van der Waals surface area contributed by atoms with Crippen LogP contribution in [0.2, 0.25) is 0 Å². The van der Waals surface area contributed by atoms with Crippen molar-refractivity contribution in [2.45, 2.75) is 0 Å². The van der Waals surface area contributed by atoms with Gasteiger partial charge in [0, 0.05) is 0 Å². The fraction of sp³-hybridized carbons (Fsp3) is 0. The van der Waals surface area contributed by atoms with Crippen LogP contribution in [-0.2, 0) is 0 Å². The molecule has 0 radical (unpaired) electrons. The molecule has 1 rings (SSSR count). The standard InChI is InChI=1S/C7H2BF5N/c9-6-2-5(8(11,12)13)7(10)1-4(6)3-14/h1-2H/q-1. The summed E-state index contributed by atoms with van der Waals surface area (Å²) in [5, 5.41) is 8.20. The second-order valence-electron chi connectivity index (χ2n) is 2.54. The van der Waals surface area contributed by atoms with E-state index in [1.54, 1.807) is 0 Å². The maximum Gasteiger partial charge on any atom is 0.512 e. The summed E-state index contributed by atoms with van der Waals surface area (Å²) in [6.07, 6.45) is 0. The first-order chi connectivity index (χ1) is 6.36. The molecule has 7 heteroatoms. The fourth-order valence-electron chi connectivity index (χ4n) is 0.899. The van der Waals surface area contributed by atoms with Crippen LogP contribution < -0.4 is 5.46 Å². The van der Waals surface area contributed by atoms with Gasteiger partial charge in [-0.15, -0.1) is 0 Å². The second-order valence-corrected chi connectivity index (χ2v) is 2.54. The van der Waals surface area contributed by atoms with E-state index < -0.39 is 29.6 Å². The number of halogens is 5. The van der Waals surface area contributed by atoms with Crippen LogP contribution in [-0.4, -0.2) is 6.98 Å². The summed E-state index contributed by atoms with van der Waals surface area (Å²) in [6, 6.07) is 1.47. The minimum absolute atomic E-state index is 0.00606. The van der Waals surface area contributed by atoms with Crippen molar-refractivity contribution in [3.63, 3.8) is 0 Å². The highest BCUT2D eigenvalue weighted by molar-refractivity contribution is 6.73.